The Morgan fingerprint density at radius 1 is 1.33 bits per heavy atom. The van der Waals surface area contributed by atoms with Gasteiger partial charge in [0.25, 0.3) is 0 Å². The van der Waals surface area contributed by atoms with Crippen LogP contribution in [0.1, 0.15) is 19.4 Å². The van der Waals surface area contributed by atoms with Gasteiger partial charge in [0.15, 0.2) is 11.5 Å². The van der Waals surface area contributed by atoms with Gasteiger partial charge in [-0.15, -0.1) is 0 Å². The smallest absolute Gasteiger partial charge is 0.161 e. The van der Waals surface area contributed by atoms with Crippen LogP contribution < -0.4 is 14.8 Å². The van der Waals surface area contributed by atoms with E-state index in [4.69, 9.17) is 9.47 Å². The summed E-state index contributed by atoms with van der Waals surface area (Å²) < 4.78 is 10.8. The van der Waals surface area contributed by atoms with Gasteiger partial charge in [-0.1, -0.05) is 32.6 Å². The Bertz CT molecular complexity index is 375. The summed E-state index contributed by atoms with van der Waals surface area (Å²) >= 11 is 0. The van der Waals surface area contributed by atoms with Gasteiger partial charge in [0, 0.05) is 6.54 Å². The van der Waals surface area contributed by atoms with Gasteiger partial charge in [0.1, 0.15) is 6.61 Å². The summed E-state index contributed by atoms with van der Waals surface area (Å²) in [6.45, 7) is 10.4. The summed E-state index contributed by atoms with van der Waals surface area (Å²) in [6, 6.07) is 5.99. The largest absolute Gasteiger partial charge is 0.493 e. The molecular formula is C15H23NO2. The van der Waals surface area contributed by atoms with Gasteiger partial charge in [0.05, 0.1) is 7.11 Å². The van der Waals surface area contributed by atoms with E-state index in [2.05, 4.69) is 25.7 Å². The van der Waals surface area contributed by atoms with Gasteiger partial charge < -0.3 is 14.8 Å². The molecule has 0 heterocycles. The summed E-state index contributed by atoms with van der Waals surface area (Å²) in [5.74, 6) is 2.17. The van der Waals surface area contributed by atoms with Crippen molar-refractivity contribution in [3.63, 3.8) is 0 Å². The molecule has 0 aliphatic rings. The minimum Gasteiger partial charge on any atom is -0.493 e. The van der Waals surface area contributed by atoms with Crippen molar-refractivity contribution in [2.45, 2.75) is 20.4 Å². The van der Waals surface area contributed by atoms with Crippen molar-refractivity contribution in [2.24, 2.45) is 5.92 Å². The second kappa shape index (κ2) is 7.77. The molecule has 18 heavy (non-hydrogen) atoms. The van der Waals surface area contributed by atoms with E-state index < -0.39 is 0 Å². The lowest BCUT2D eigenvalue weighted by Crippen LogP contribution is -2.18. The van der Waals surface area contributed by atoms with Crippen LogP contribution >= 0.6 is 0 Å². The molecule has 0 amide bonds. The molecule has 100 valence electrons. The SMILES string of the molecule is C=CCOc1ccc(CNCC(C)C)cc1OC. The van der Waals surface area contributed by atoms with Crippen molar-refractivity contribution in [3.05, 3.63) is 36.4 Å². The number of hydrogen-bond acceptors (Lipinski definition) is 3. The van der Waals surface area contributed by atoms with Crippen LogP contribution in [0, 0.1) is 5.92 Å². The predicted molar refractivity (Wildman–Crippen MR) is 75.2 cm³/mol. The highest BCUT2D eigenvalue weighted by Crippen LogP contribution is 2.28. The molecule has 3 nitrogen and oxygen atoms in total. The molecule has 0 unspecified atom stereocenters. The molecule has 1 rings (SSSR count). The summed E-state index contributed by atoms with van der Waals surface area (Å²) in [5, 5.41) is 3.40. The van der Waals surface area contributed by atoms with Gasteiger partial charge in [0.2, 0.25) is 0 Å². The van der Waals surface area contributed by atoms with Crippen molar-refractivity contribution in [3.8, 4) is 11.5 Å². The van der Waals surface area contributed by atoms with Crippen molar-refractivity contribution in [1.82, 2.24) is 5.32 Å². The average Bonchev–Trinajstić information content (AvgIpc) is 2.36. The number of nitrogens with one attached hydrogen (secondary N) is 1. The molecule has 3 heteroatoms. The normalized spacial score (nSPS) is 10.4. The van der Waals surface area contributed by atoms with E-state index in [1.54, 1.807) is 13.2 Å². The minimum atomic E-state index is 0.487. The first-order valence-electron chi connectivity index (χ1n) is 6.28. The van der Waals surface area contributed by atoms with Gasteiger partial charge >= 0.3 is 0 Å². The number of ether oxygens (including phenoxy) is 2. The van der Waals surface area contributed by atoms with Crippen LogP contribution in [-0.2, 0) is 6.54 Å². The Morgan fingerprint density at radius 3 is 2.72 bits per heavy atom. The Balaban J connectivity index is 2.63. The quantitative estimate of drug-likeness (QED) is 0.718. The van der Waals surface area contributed by atoms with E-state index in [0.717, 1.165) is 24.6 Å². The first-order chi connectivity index (χ1) is 8.67. The number of hydrogen-bond donors (Lipinski definition) is 1. The third-order valence-corrected chi connectivity index (χ3v) is 2.47. The Kier molecular flexibility index (Phi) is 6.29. The topological polar surface area (TPSA) is 30.5 Å². The molecule has 1 N–H and O–H groups in total. The Hall–Kier alpha value is -1.48. The van der Waals surface area contributed by atoms with E-state index in [9.17, 15) is 0 Å². The molecule has 0 bridgehead atoms. The molecule has 0 aliphatic carbocycles. The van der Waals surface area contributed by atoms with Crippen LogP contribution in [0.15, 0.2) is 30.9 Å². The highest BCUT2D eigenvalue weighted by molar-refractivity contribution is 5.43. The number of methoxy groups -OCH3 is 1. The summed E-state index contributed by atoms with van der Waals surface area (Å²) in [7, 11) is 1.65. The van der Waals surface area contributed by atoms with Gasteiger partial charge in [-0.05, 0) is 30.2 Å². The van der Waals surface area contributed by atoms with Crippen molar-refractivity contribution in [2.75, 3.05) is 20.3 Å². The maximum atomic E-state index is 5.51. The third-order valence-electron chi connectivity index (χ3n) is 2.47. The monoisotopic (exact) mass is 249 g/mol. The average molecular weight is 249 g/mol. The van der Waals surface area contributed by atoms with Crippen LogP contribution in [0.25, 0.3) is 0 Å². The molecule has 0 saturated heterocycles. The second-order valence-electron chi connectivity index (χ2n) is 4.61. The zero-order chi connectivity index (χ0) is 13.4. The molecule has 0 aromatic heterocycles. The predicted octanol–water partition coefficient (Wildman–Crippen LogP) is 3.01. The zero-order valence-electron chi connectivity index (χ0n) is 11.5. The Morgan fingerprint density at radius 2 is 2.11 bits per heavy atom. The van der Waals surface area contributed by atoms with Crippen LogP contribution in [0.3, 0.4) is 0 Å². The molecule has 0 fully saturated rings. The molecule has 1 aromatic carbocycles. The van der Waals surface area contributed by atoms with E-state index in [0.29, 0.717) is 12.5 Å². The van der Waals surface area contributed by atoms with Crippen molar-refractivity contribution < 1.29 is 9.47 Å². The van der Waals surface area contributed by atoms with Gasteiger partial charge in [-0.25, -0.2) is 0 Å². The molecule has 0 radical (unpaired) electrons. The van der Waals surface area contributed by atoms with Crippen molar-refractivity contribution >= 4 is 0 Å². The van der Waals surface area contributed by atoms with Gasteiger partial charge in [-0.3, -0.25) is 0 Å². The highest BCUT2D eigenvalue weighted by Gasteiger charge is 2.05. The molecule has 0 aliphatic heterocycles. The third kappa shape index (κ3) is 4.80. The lowest BCUT2D eigenvalue weighted by molar-refractivity contribution is 0.326. The molecule has 1 aromatic rings. The van der Waals surface area contributed by atoms with Gasteiger partial charge in [-0.2, -0.15) is 0 Å². The van der Waals surface area contributed by atoms with E-state index in [-0.39, 0.29) is 0 Å². The lowest BCUT2D eigenvalue weighted by Gasteiger charge is -2.12. The fourth-order valence-corrected chi connectivity index (χ4v) is 1.60. The first-order valence-corrected chi connectivity index (χ1v) is 6.28. The standard InChI is InChI=1S/C15H23NO2/c1-5-8-18-14-7-6-13(9-15(14)17-4)11-16-10-12(2)3/h5-7,9,12,16H,1,8,10-11H2,2-4H3. The maximum Gasteiger partial charge on any atom is 0.161 e. The lowest BCUT2D eigenvalue weighted by atomic mass is 10.2. The summed E-state index contributed by atoms with van der Waals surface area (Å²) in [5.41, 5.74) is 1.19. The second-order valence-corrected chi connectivity index (χ2v) is 4.61. The van der Waals surface area contributed by atoms with Crippen LogP contribution in [0.5, 0.6) is 11.5 Å². The molecule has 0 spiro atoms. The van der Waals surface area contributed by atoms with E-state index in [1.165, 1.54) is 5.56 Å². The first kappa shape index (κ1) is 14.6. The molecular weight excluding hydrogens is 226 g/mol. The van der Waals surface area contributed by atoms with E-state index in [1.807, 2.05) is 18.2 Å². The minimum absolute atomic E-state index is 0.487. The number of rotatable bonds is 8. The molecule has 0 atom stereocenters. The summed E-state index contributed by atoms with van der Waals surface area (Å²) in [6.07, 6.45) is 1.72. The fourth-order valence-electron chi connectivity index (χ4n) is 1.60. The van der Waals surface area contributed by atoms with Crippen LogP contribution in [0.4, 0.5) is 0 Å². The highest BCUT2D eigenvalue weighted by atomic mass is 16.5. The fraction of sp³-hybridized carbons (Fsp3) is 0.467. The van der Waals surface area contributed by atoms with Crippen LogP contribution in [-0.4, -0.2) is 20.3 Å². The molecule has 0 saturated carbocycles. The Labute approximate surface area is 110 Å². The number of benzene rings is 1. The van der Waals surface area contributed by atoms with Crippen LogP contribution in [0.2, 0.25) is 0 Å². The van der Waals surface area contributed by atoms with E-state index >= 15 is 0 Å². The maximum absolute atomic E-state index is 5.51. The zero-order valence-corrected chi connectivity index (χ0v) is 11.5. The summed E-state index contributed by atoms with van der Waals surface area (Å²) in [4.78, 5) is 0. The van der Waals surface area contributed by atoms with Crippen molar-refractivity contribution in [1.29, 1.82) is 0 Å².